The third-order valence-electron chi connectivity index (χ3n) is 3.61. The summed E-state index contributed by atoms with van der Waals surface area (Å²) in [6.45, 7) is 1.11. The van der Waals surface area contributed by atoms with Crippen molar-refractivity contribution in [1.29, 1.82) is 0 Å². The summed E-state index contributed by atoms with van der Waals surface area (Å²) in [5.41, 5.74) is 4.61. The maximum absolute atomic E-state index is 13.4. The van der Waals surface area contributed by atoms with E-state index in [1.165, 1.54) is 10.9 Å². The van der Waals surface area contributed by atoms with Crippen molar-refractivity contribution in [3.63, 3.8) is 0 Å². The number of halogens is 1. The predicted octanol–water partition coefficient (Wildman–Crippen LogP) is -0.418. The fourth-order valence-electron chi connectivity index (χ4n) is 2.55. The molecule has 0 aromatic carbocycles. The quantitative estimate of drug-likeness (QED) is 0.509. The molecule has 0 amide bonds. The highest BCUT2D eigenvalue weighted by molar-refractivity contribution is 5.81. The molecule has 0 unspecified atom stereocenters. The first-order valence-electron chi connectivity index (χ1n) is 6.57. The second kappa shape index (κ2) is 5.17. The van der Waals surface area contributed by atoms with Gasteiger partial charge in [-0.2, -0.15) is 14.4 Å². The minimum absolute atomic E-state index is 0.0819. The number of anilines is 1. The fourth-order valence-corrected chi connectivity index (χ4v) is 2.55. The Balaban J connectivity index is 2.04. The van der Waals surface area contributed by atoms with Crippen LogP contribution in [0.4, 0.5) is 10.2 Å². The Morgan fingerprint density at radius 3 is 3.05 bits per heavy atom. The van der Waals surface area contributed by atoms with Crippen molar-refractivity contribution >= 4 is 17.0 Å². The zero-order chi connectivity index (χ0) is 15.9. The van der Waals surface area contributed by atoms with Gasteiger partial charge in [0.2, 0.25) is 0 Å². The highest BCUT2D eigenvalue weighted by atomic mass is 19.1. The Hall–Kier alpha value is -2.28. The van der Waals surface area contributed by atoms with Crippen LogP contribution >= 0.6 is 0 Å². The van der Waals surface area contributed by atoms with Crippen LogP contribution in [-0.4, -0.2) is 48.0 Å². The number of hydrogen-bond donors (Lipinski definition) is 3. The third kappa shape index (κ3) is 2.09. The number of imidazole rings is 1. The van der Waals surface area contributed by atoms with Crippen molar-refractivity contribution in [3.8, 4) is 11.8 Å². The second-order valence-corrected chi connectivity index (χ2v) is 4.95. The van der Waals surface area contributed by atoms with Gasteiger partial charge in [-0.05, 0) is 6.92 Å². The summed E-state index contributed by atoms with van der Waals surface area (Å²) in [6, 6.07) is 0. The molecule has 1 fully saturated rings. The molecule has 116 valence electrons. The number of nitrogens with zero attached hydrogens (tertiary/aromatic N) is 4. The molecule has 1 aliphatic heterocycles. The van der Waals surface area contributed by atoms with E-state index >= 15 is 0 Å². The molecule has 2 aromatic heterocycles. The van der Waals surface area contributed by atoms with Gasteiger partial charge in [0.15, 0.2) is 22.6 Å². The number of fused-ring (bicyclic) bond motifs is 1. The molecule has 0 aliphatic carbocycles. The van der Waals surface area contributed by atoms with Gasteiger partial charge >= 0.3 is 6.08 Å². The first-order valence-corrected chi connectivity index (χ1v) is 6.57. The molecule has 9 heteroatoms. The van der Waals surface area contributed by atoms with Crippen LogP contribution in [0.5, 0.6) is 0 Å². The minimum Gasteiger partial charge on any atom is -0.392 e. The lowest BCUT2D eigenvalue weighted by atomic mass is 9.98. The molecular weight excluding hydrogens is 293 g/mol. The maximum atomic E-state index is 13.4. The van der Waals surface area contributed by atoms with E-state index in [0.717, 1.165) is 0 Å². The number of nitrogen functional groups attached to an aromatic ring is 1. The zero-order valence-corrected chi connectivity index (χ0v) is 11.7. The van der Waals surface area contributed by atoms with E-state index in [1.54, 1.807) is 6.92 Å². The van der Waals surface area contributed by atoms with Crippen LogP contribution in [0, 0.1) is 17.9 Å². The van der Waals surface area contributed by atoms with Gasteiger partial charge in [0.1, 0.15) is 12.3 Å². The van der Waals surface area contributed by atoms with Crippen molar-refractivity contribution in [3.05, 3.63) is 12.4 Å². The van der Waals surface area contributed by atoms with E-state index in [-0.39, 0.29) is 23.4 Å². The number of aliphatic hydroxyl groups excluding tert-OH is 2. The normalized spacial score (nSPS) is 27.8. The van der Waals surface area contributed by atoms with Gasteiger partial charge in [0.25, 0.3) is 0 Å². The van der Waals surface area contributed by atoms with Crippen molar-refractivity contribution in [2.75, 3.05) is 12.3 Å². The van der Waals surface area contributed by atoms with Gasteiger partial charge in [-0.1, -0.05) is 5.92 Å². The van der Waals surface area contributed by atoms with Gasteiger partial charge in [-0.3, -0.25) is 4.57 Å². The number of aliphatic hydroxyl groups is 2. The van der Waals surface area contributed by atoms with Crippen molar-refractivity contribution in [2.24, 2.45) is 0 Å². The standard InChI is InChI=1S/C13H14FN5O3/c1-2-3-13(5-20)7(21)4-8(22-13)19-6-16-9-10(15)17-12(14)18-11(9)19/h6-8,20-21H,4-5H2,1H3,(H2,15,17,18)/t7-,8+,13+/m0/s1. The Kier molecular flexibility index (Phi) is 3.44. The summed E-state index contributed by atoms with van der Waals surface area (Å²) in [4.78, 5) is 11.1. The van der Waals surface area contributed by atoms with Gasteiger partial charge < -0.3 is 20.7 Å². The topological polar surface area (TPSA) is 119 Å². The van der Waals surface area contributed by atoms with E-state index in [9.17, 15) is 14.6 Å². The van der Waals surface area contributed by atoms with Gasteiger partial charge in [-0.25, -0.2) is 4.98 Å². The molecule has 8 nitrogen and oxygen atoms in total. The number of ether oxygens (including phenoxy) is 1. The lowest BCUT2D eigenvalue weighted by Gasteiger charge is -2.24. The molecule has 1 aliphatic rings. The summed E-state index contributed by atoms with van der Waals surface area (Å²) in [5.74, 6) is 5.23. The van der Waals surface area contributed by atoms with Crippen LogP contribution in [0.1, 0.15) is 19.6 Å². The summed E-state index contributed by atoms with van der Waals surface area (Å²) in [7, 11) is 0. The summed E-state index contributed by atoms with van der Waals surface area (Å²) >= 11 is 0. The smallest absolute Gasteiger partial charge is 0.312 e. The Labute approximate surface area is 124 Å². The number of hydrogen-bond acceptors (Lipinski definition) is 7. The van der Waals surface area contributed by atoms with Crippen LogP contribution in [-0.2, 0) is 4.74 Å². The minimum atomic E-state index is -1.38. The van der Waals surface area contributed by atoms with Gasteiger partial charge in [0, 0.05) is 6.42 Å². The molecule has 22 heavy (non-hydrogen) atoms. The van der Waals surface area contributed by atoms with Gasteiger partial charge in [0.05, 0.1) is 12.9 Å². The summed E-state index contributed by atoms with van der Waals surface area (Å²) < 4.78 is 20.5. The van der Waals surface area contributed by atoms with E-state index in [0.29, 0.717) is 0 Å². The molecule has 0 spiro atoms. The highest BCUT2D eigenvalue weighted by Gasteiger charge is 2.48. The van der Waals surface area contributed by atoms with E-state index in [4.69, 9.17) is 10.5 Å². The number of rotatable bonds is 2. The summed E-state index contributed by atoms with van der Waals surface area (Å²) in [5, 5.41) is 19.7. The Morgan fingerprint density at radius 2 is 2.36 bits per heavy atom. The van der Waals surface area contributed by atoms with E-state index in [1.807, 2.05) is 0 Å². The first-order chi connectivity index (χ1) is 10.5. The lowest BCUT2D eigenvalue weighted by molar-refractivity contribution is -0.0893. The Morgan fingerprint density at radius 1 is 1.59 bits per heavy atom. The zero-order valence-electron chi connectivity index (χ0n) is 11.7. The average molecular weight is 307 g/mol. The number of aromatic nitrogens is 4. The van der Waals surface area contributed by atoms with Crippen LogP contribution in [0.3, 0.4) is 0 Å². The molecule has 1 saturated heterocycles. The predicted molar refractivity (Wildman–Crippen MR) is 73.7 cm³/mol. The maximum Gasteiger partial charge on any atom is 0.312 e. The highest BCUT2D eigenvalue weighted by Crippen LogP contribution is 2.37. The molecular formula is C13H14FN5O3. The SMILES string of the molecule is CC#C[C@]1(CO)O[C@@H](n2cnc3c(N)nc(F)nc32)C[C@@H]1O. The van der Waals surface area contributed by atoms with Gasteiger partial charge in [-0.15, -0.1) is 5.92 Å². The van der Waals surface area contributed by atoms with Crippen LogP contribution in [0.25, 0.3) is 11.2 Å². The van der Waals surface area contributed by atoms with Crippen molar-refractivity contribution < 1.29 is 19.3 Å². The monoisotopic (exact) mass is 307 g/mol. The molecule has 3 rings (SSSR count). The molecule has 0 radical (unpaired) electrons. The third-order valence-corrected chi connectivity index (χ3v) is 3.61. The van der Waals surface area contributed by atoms with Crippen molar-refractivity contribution in [1.82, 2.24) is 19.5 Å². The molecule has 2 aromatic rings. The van der Waals surface area contributed by atoms with E-state index < -0.39 is 30.6 Å². The average Bonchev–Trinajstić information content (AvgIpc) is 3.02. The number of nitrogens with two attached hydrogens (primary N) is 1. The largest absolute Gasteiger partial charge is 0.392 e. The molecule has 3 heterocycles. The molecule has 0 bridgehead atoms. The van der Waals surface area contributed by atoms with Crippen LogP contribution in [0.2, 0.25) is 0 Å². The Bertz CT molecular complexity index is 783. The molecule has 0 saturated carbocycles. The first kappa shape index (κ1) is 14.6. The molecule has 3 atom stereocenters. The molecule has 4 N–H and O–H groups in total. The second-order valence-electron chi connectivity index (χ2n) is 4.95. The van der Waals surface area contributed by atoms with E-state index in [2.05, 4.69) is 26.8 Å². The van der Waals surface area contributed by atoms with Crippen LogP contribution in [0.15, 0.2) is 6.33 Å². The van der Waals surface area contributed by atoms with Crippen LogP contribution < -0.4 is 5.73 Å². The van der Waals surface area contributed by atoms with Crippen molar-refractivity contribution in [2.45, 2.75) is 31.3 Å². The lowest BCUT2D eigenvalue weighted by Crippen LogP contribution is -2.41. The fraction of sp³-hybridized carbons (Fsp3) is 0.462. The summed E-state index contributed by atoms with van der Waals surface area (Å²) in [6.07, 6.45) is -1.17.